The first-order valence-corrected chi connectivity index (χ1v) is 8.00. The number of benzene rings is 1. The van der Waals surface area contributed by atoms with Gasteiger partial charge in [-0.05, 0) is 36.5 Å². The number of carboxylic acids is 1. The molecule has 1 N–H and O–H groups in total. The summed E-state index contributed by atoms with van der Waals surface area (Å²) in [5.41, 5.74) is -0.157. The Balaban J connectivity index is 2.54. The molecule has 1 atom stereocenters. The van der Waals surface area contributed by atoms with Crippen LogP contribution in [0.1, 0.15) is 30.7 Å². The molecule has 1 aromatic carbocycles. The number of hydrogen-bond acceptors (Lipinski definition) is 3. The van der Waals surface area contributed by atoms with E-state index in [4.69, 9.17) is 5.11 Å². The summed E-state index contributed by atoms with van der Waals surface area (Å²) in [7, 11) is -3.91. The van der Waals surface area contributed by atoms with Crippen LogP contribution in [0.5, 0.6) is 0 Å². The highest BCUT2D eigenvalue weighted by Crippen LogP contribution is 2.46. The maximum Gasteiger partial charge on any atom is 0.303 e. The van der Waals surface area contributed by atoms with Crippen molar-refractivity contribution in [2.75, 3.05) is 6.26 Å². The van der Waals surface area contributed by atoms with Crippen molar-refractivity contribution in [2.45, 2.75) is 30.1 Å². The second-order valence-electron chi connectivity index (χ2n) is 5.12. The molecule has 0 amide bonds. The number of carbonyl (C=O) groups is 1. The molecule has 0 saturated heterocycles. The predicted octanol–water partition coefficient (Wildman–Crippen LogP) is 2.34. The van der Waals surface area contributed by atoms with Crippen LogP contribution in [-0.2, 0) is 14.6 Å². The first-order chi connectivity index (χ1) is 9.20. The van der Waals surface area contributed by atoms with Crippen LogP contribution in [0.3, 0.4) is 0 Å². The van der Waals surface area contributed by atoms with Crippen LogP contribution in [0.4, 0.5) is 8.78 Å². The van der Waals surface area contributed by atoms with Gasteiger partial charge >= 0.3 is 5.97 Å². The molecule has 0 aliphatic heterocycles. The van der Waals surface area contributed by atoms with Crippen molar-refractivity contribution >= 4 is 15.8 Å². The second-order valence-corrected chi connectivity index (χ2v) is 7.11. The van der Waals surface area contributed by atoms with Gasteiger partial charge in [0.25, 0.3) is 0 Å². The van der Waals surface area contributed by atoms with Crippen molar-refractivity contribution in [1.29, 1.82) is 0 Å². The van der Waals surface area contributed by atoms with E-state index in [1.807, 2.05) is 0 Å². The number of carboxylic acid groups (broad SMARTS) is 1. The minimum atomic E-state index is -3.91. The lowest BCUT2D eigenvalue weighted by atomic mass is 9.90. The van der Waals surface area contributed by atoms with Gasteiger partial charge in [-0.3, -0.25) is 4.79 Å². The van der Waals surface area contributed by atoms with Crippen LogP contribution in [0.2, 0.25) is 0 Å². The Hall–Kier alpha value is -1.50. The fraction of sp³-hybridized carbons (Fsp3) is 0.462. The molecule has 1 aromatic rings. The first-order valence-electron chi connectivity index (χ1n) is 6.11. The van der Waals surface area contributed by atoms with E-state index >= 15 is 0 Å². The van der Waals surface area contributed by atoms with Crippen LogP contribution in [-0.4, -0.2) is 25.7 Å². The van der Waals surface area contributed by atoms with E-state index in [1.165, 1.54) is 0 Å². The number of hydrogen-bond donors (Lipinski definition) is 1. The molecular weight excluding hydrogens is 290 g/mol. The molecule has 0 aromatic heterocycles. The van der Waals surface area contributed by atoms with Gasteiger partial charge in [0, 0.05) is 12.2 Å². The minimum absolute atomic E-state index is 0.0326. The van der Waals surface area contributed by atoms with Crippen molar-refractivity contribution in [1.82, 2.24) is 0 Å². The molecule has 1 unspecified atom stereocenters. The van der Waals surface area contributed by atoms with Gasteiger partial charge < -0.3 is 5.11 Å². The van der Waals surface area contributed by atoms with Gasteiger partial charge in [0.15, 0.2) is 9.84 Å². The van der Waals surface area contributed by atoms with E-state index in [1.54, 1.807) is 0 Å². The predicted molar refractivity (Wildman–Crippen MR) is 67.2 cm³/mol. The van der Waals surface area contributed by atoms with Crippen molar-refractivity contribution in [3.8, 4) is 0 Å². The third-order valence-corrected chi connectivity index (χ3v) is 4.51. The largest absolute Gasteiger partial charge is 0.481 e. The van der Waals surface area contributed by atoms with Gasteiger partial charge in [0.1, 0.15) is 16.5 Å². The maximum absolute atomic E-state index is 14.3. The summed E-state index contributed by atoms with van der Waals surface area (Å²) >= 11 is 0. The average molecular weight is 304 g/mol. The highest BCUT2D eigenvalue weighted by Gasteiger charge is 2.36. The number of halogens is 2. The van der Waals surface area contributed by atoms with Crippen molar-refractivity contribution in [3.05, 3.63) is 29.3 Å². The Bertz CT molecular complexity index is 651. The molecule has 20 heavy (non-hydrogen) atoms. The van der Waals surface area contributed by atoms with Gasteiger partial charge in [-0.25, -0.2) is 17.2 Å². The van der Waals surface area contributed by atoms with E-state index in [2.05, 4.69) is 0 Å². The van der Waals surface area contributed by atoms with Crippen molar-refractivity contribution in [3.63, 3.8) is 0 Å². The third kappa shape index (κ3) is 3.15. The number of aliphatic carboxylic acids is 1. The van der Waals surface area contributed by atoms with Crippen LogP contribution in [0.25, 0.3) is 0 Å². The normalized spacial score (nSPS) is 16.9. The quantitative estimate of drug-likeness (QED) is 0.906. The van der Waals surface area contributed by atoms with E-state index in [-0.39, 0.29) is 17.9 Å². The summed E-state index contributed by atoms with van der Waals surface area (Å²) in [6, 6.07) is 1.52. The molecular formula is C13H14F2O4S. The van der Waals surface area contributed by atoms with Gasteiger partial charge in [-0.1, -0.05) is 0 Å². The van der Waals surface area contributed by atoms with Crippen LogP contribution >= 0.6 is 0 Å². The molecule has 1 aliphatic carbocycles. The van der Waals surface area contributed by atoms with Gasteiger partial charge in [-0.15, -0.1) is 0 Å². The molecule has 0 bridgehead atoms. The molecule has 1 saturated carbocycles. The molecule has 0 spiro atoms. The summed E-state index contributed by atoms with van der Waals surface area (Å²) in [5.74, 6) is -3.75. The molecule has 110 valence electrons. The molecule has 2 rings (SSSR count). The molecule has 0 heterocycles. The highest BCUT2D eigenvalue weighted by molar-refractivity contribution is 7.90. The fourth-order valence-electron chi connectivity index (χ4n) is 2.34. The standard InChI is InChI=1S/C13H14F2O4S/c1-20(18,19)11-5-8(14)4-10(13(11)15)9(6-12(16)17)7-2-3-7/h4-5,7,9H,2-3,6H2,1H3,(H,16,17). The summed E-state index contributed by atoms with van der Waals surface area (Å²) in [4.78, 5) is 10.1. The summed E-state index contributed by atoms with van der Waals surface area (Å²) in [5, 5.41) is 8.88. The van der Waals surface area contributed by atoms with E-state index in [9.17, 15) is 22.0 Å². The Morgan fingerprint density at radius 3 is 2.45 bits per heavy atom. The zero-order chi connectivity index (χ0) is 15.1. The average Bonchev–Trinajstić information content (AvgIpc) is 3.11. The second kappa shape index (κ2) is 5.12. The minimum Gasteiger partial charge on any atom is -0.481 e. The topological polar surface area (TPSA) is 71.4 Å². The van der Waals surface area contributed by atoms with E-state index in [0.717, 1.165) is 25.2 Å². The first kappa shape index (κ1) is 14.9. The van der Waals surface area contributed by atoms with Gasteiger partial charge in [-0.2, -0.15) is 0 Å². The zero-order valence-corrected chi connectivity index (χ0v) is 11.6. The number of rotatable bonds is 5. The summed E-state index contributed by atoms with van der Waals surface area (Å²) in [6.45, 7) is 0. The molecule has 1 aliphatic rings. The third-order valence-electron chi connectivity index (χ3n) is 3.42. The zero-order valence-electron chi connectivity index (χ0n) is 10.8. The number of sulfone groups is 1. The maximum atomic E-state index is 14.3. The Morgan fingerprint density at radius 1 is 1.40 bits per heavy atom. The molecule has 7 heteroatoms. The van der Waals surface area contributed by atoms with Crippen LogP contribution in [0, 0.1) is 17.6 Å². The Kier molecular flexibility index (Phi) is 3.82. The Morgan fingerprint density at radius 2 is 2.00 bits per heavy atom. The lowest BCUT2D eigenvalue weighted by Gasteiger charge is -2.17. The summed E-state index contributed by atoms with van der Waals surface area (Å²) in [6.07, 6.45) is 1.93. The highest BCUT2D eigenvalue weighted by atomic mass is 32.2. The molecule has 4 nitrogen and oxygen atoms in total. The van der Waals surface area contributed by atoms with E-state index in [0.29, 0.717) is 6.07 Å². The SMILES string of the molecule is CS(=O)(=O)c1cc(F)cc(C(CC(=O)O)C2CC2)c1F. The Labute approximate surface area is 115 Å². The van der Waals surface area contributed by atoms with Crippen LogP contribution < -0.4 is 0 Å². The lowest BCUT2D eigenvalue weighted by Crippen LogP contribution is -2.13. The van der Waals surface area contributed by atoms with Crippen LogP contribution in [0.15, 0.2) is 17.0 Å². The van der Waals surface area contributed by atoms with Crippen molar-refractivity contribution in [2.24, 2.45) is 5.92 Å². The van der Waals surface area contributed by atoms with Gasteiger partial charge in [0.05, 0.1) is 6.42 Å². The monoisotopic (exact) mass is 304 g/mol. The van der Waals surface area contributed by atoms with Gasteiger partial charge in [0.2, 0.25) is 0 Å². The molecule has 0 radical (unpaired) electrons. The van der Waals surface area contributed by atoms with E-state index < -0.39 is 38.3 Å². The van der Waals surface area contributed by atoms with Crippen molar-refractivity contribution < 1.29 is 27.1 Å². The molecule has 1 fully saturated rings. The fourth-order valence-corrected chi connectivity index (χ4v) is 3.11. The summed E-state index contributed by atoms with van der Waals surface area (Å²) < 4.78 is 50.8. The smallest absolute Gasteiger partial charge is 0.303 e. The lowest BCUT2D eigenvalue weighted by molar-refractivity contribution is -0.137.